The van der Waals surface area contributed by atoms with Crippen molar-refractivity contribution in [2.24, 2.45) is 0 Å². The highest BCUT2D eigenvalue weighted by atomic mass is 16.5. The summed E-state index contributed by atoms with van der Waals surface area (Å²) in [5, 5.41) is 2.73. The summed E-state index contributed by atoms with van der Waals surface area (Å²) in [5.74, 6) is -0.385. The van der Waals surface area contributed by atoms with E-state index in [-0.39, 0.29) is 24.7 Å². The third kappa shape index (κ3) is 7.58. The van der Waals surface area contributed by atoms with E-state index < -0.39 is 0 Å². The maximum atomic E-state index is 11.1. The van der Waals surface area contributed by atoms with Gasteiger partial charge in [0.1, 0.15) is 0 Å². The van der Waals surface area contributed by atoms with Crippen molar-refractivity contribution < 1.29 is 14.3 Å². The van der Waals surface area contributed by atoms with Gasteiger partial charge >= 0.3 is 5.97 Å². The zero-order valence-electron chi connectivity index (χ0n) is 8.97. The molecule has 0 aliphatic heterocycles. The molecule has 0 aromatic rings. The lowest BCUT2D eigenvalue weighted by Crippen LogP contribution is -2.24. The minimum atomic E-state index is -0.307. The second kappa shape index (κ2) is 8.53. The number of hydrogen-bond acceptors (Lipinski definition) is 3. The number of carbonyl (C=O) groups excluding carboxylic acids is 2. The van der Waals surface area contributed by atoms with Crippen LogP contribution in [0.1, 0.15) is 39.5 Å². The highest BCUT2D eigenvalue weighted by Gasteiger charge is 2.06. The topological polar surface area (TPSA) is 55.4 Å². The van der Waals surface area contributed by atoms with E-state index >= 15 is 0 Å². The van der Waals surface area contributed by atoms with Crippen molar-refractivity contribution in [2.75, 3.05) is 13.2 Å². The normalized spacial score (nSPS) is 9.57. The van der Waals surface area contributed by atoms with Gasteiger partial charge in [-0.2, -0.15) is 0 Å². The van der Waals surface area contributed by atoms with E-state index in [1.807, 2.05) is 0 Å². The molecule has 0 aromatic carbocycles. The molecule has 0 saturated carbocycles. The Morgan fingerprint density at radius 2 is 1.93 bits per heavy atom. The van der Waals surface area contributed by atoms with E-state index in [2.05, 4.69) is 12.2 Å². The fourth-order valence-electron chi connectivity index (χ4n) is 0.942. The quantitative estimate of drug-likeness (QED) is 0.498. The summed E-state index contributed by atoms with van der Waals surface area (Å²) in [6.07, 6.45) is 2.43. The number of unbranched alkanes of at least 4 members (excludes halogenated alkanes) is 1. The Balaban J connectivity index is 3.39. The minimum Gasteiger partial charge on any atom is -0.466 e. The highest BCUT2D eigenvalue weighted by Crippen LogP contribution is 1.93. The Morgan fingerprint density at radius 1 is 1.21 bits per heavy atom. The van der Waals surface area contributed by atoms with Crippen molar-refractivity contribution >= 4 is 11.9 Å². The molecule has 4 heteroatoms. The average Bonchev–Trinajstić information content (AvgIpc) is 2.16. The summed E-state index contributed by atoms with van der Waals surface area (Å²) >= 11 is 0. The van der Waals surface area contributed by atoms with Crippen LogP contribution in [0.25, 0.3) is 0 Å². The number of ether oxygens (including phenoxy) is 1. The van der Waals surface area contributed by atoms with Crippen LogP contribution in [0.5, 0.6) is 0 Å². The van der Waals surface area contributed by atoms with Crippen molar-refractivity contribution in [3.05, 3.63) is 0 Å². The maximum Gasteiger partial charge on any atom is 0.306 e. The van der Waals surface area contributed by atoms with Crippen LogP contribution < -0.4 is 5.32 Å². The summed E-state index contributed by atoms with van der Waals surface area (Å²) < 4.78 is 4.70. The second-order valence-corrected chi connectivity index (χ2v) is 3.01. The predicted octanol–water partition coefficient (Wildman–Crippen LogP) is 1.25. The van der Waals surface area contributed by atoms with Crippen LogP contribution in [0, 0.1) is 0 Å². The van der Waals surface area contributed by atoms with Crippen molar-refractivity contribution in [1.29, 1.82) is 0 Å². The zero-order valence-corrected chi connectivity index (χ0v) is 8.97. The van der Waals surface area contributed by atoms with Crippen LogP contribution in [0.15, 0.2) is 0 Å². The summed E-state index contributed by atoms with van der Waals surface area (Å²) in [5.41, 5.74) is 0. The first kappa shape index (κ1) is 12.9. The molecule has 0 aliphatic carbocycles. The molecule has 14 heavy (non-hydrogen) atoms. The molecular weight excluding hydrogens is 182 g/mol. The summed E-state index contributed by atoms with van der Waals surface area (Å²) in [4.78, 5) is 22.0. The van der Waals surface area contributed by atoms with Crippen LogP contribution >= 0.6 is 0 Å². The molecule has 1 amide bonds. The van der Waals surface area contributed by atoms with Crippen molar-refractivity contribution in [3.8, 4) is 0 Å². The van der Waals surface area contributed by atoms with Crippen molar-refractivity contribution in [3.63, 3.8) is 0 Å². The highest BCUT2D eigenvalue weighted by molar-refractivity contribution is 5.81. The molecule has 0 saturated heterocycles. The van der Waals surface area contributed by atoms with Gasteiger partial charge in [0.2, 0.25) is 5.91 Å². The number of rotatable bonds is 7. The smallest absolute Gasteiger partial charge is 0.306 e. The SMILES string of the molecule is CCCCNC(=O)CCC(=O)OCC. The molecule has 82 valence electrons. The van der Waals surface area contributed by atoms with Gasteiger partial charge in [-0.3, -0.25) is 9.59 Å². The molecular formula is C10H19NO3. The molecule has 1 N–H and O–H groups in total. The fourth-order valence-corrected chi connectivity index (χ4v) is 0.942. The minimum absolute atomic E-state index is 0.0773. The maximum absolute atomic E-state index is 11.1. The van der Waals surface area contributed by atoms with Crippen LogP contribution in [-0.2, 0) is 14.3 Å². The van der Waals surface area contributed by atoms with E-state index in [0.29, 0.717) is 13.2 Å². The summed E-state index contributed by atoms with van der Waals surface area (Å²) in [6.45, 7) is 4.87. The molecule has 0 radical (unpaired) electrons. The van der Waals surface area contributed by atoms with Crippen LogP contribution in [0.2, 0.25) is 0 Å². The molecule has 4 nitrogen and oxygen atoms in total. The number of hydrogen-bond donors (Lipinski definition) is 1. The summed E-state index contributed by atoms with van der Waals surface area (Å²) in [6, 6.07) is 0. The van der Waals surface area contributed by atoms with Gasteiger partial charge in [0.15, 0.2) is 0 Å². The van der Waals surface area contributed by atoms with Crippen LogP contribution in [-0.4, -0.2) is 25.0 Å². The van der Waals surface area contributed by atoms with Gasteiger partial charge in [-0.25, -0.2) is 0 Å². The molecule has 0 unspecified atom stereocenters. The van der Waals surface area contributed by atoms with Gasteiger partial charge in [-0.15, -0.1) is 0 Å². The van der Waals surface area contributed by atoms with Crippen LogP contribution in [0.4, 0.5) is 0 Å². The number of amides is 1. The molecule has 0 aromatic heterocycles. The lowest BCUT2D eigenvalue weighted by Gasteiger charge is -2.03. The zero-order chi connectivity index (χ0) is 10.8. The van der Waals surface area contributed by atoms with Gasteiger partial charge in [-0.05, 0) is 13.3 Å². The van der Waals surface area contributed by atoms with Gasteiger partial charge in [0.05, 0.1) is 13.0 Å². The molecule has 0 fully saturated rings. The van der Waals surface area contributed by atoms with Gasteiger partial charge in [0, 0.05) is 13.0 Å². The summed E-state index contributed by atoms with van der Waals surface area (Å²) in [7, 11) is 0. The Hall–Kier alpha value is -1.06. The van der Waals surface area contributed by atoms with Gasteiger partial charge in [0.25, 0.3) is 0 Å². The first-order chi connectivity index (χ1) is 6.70. The van der Waals surface area contributed by atoms with Gasteiger partial charge in [-0.1, -0.05) is 13.3 Å². The van der Waals surface area contributed by atoms with Crippen molar-refractivity contribution in [2.45, 2.75) is 39.5 Å². The Morgan fingerprint density at radius 3 is 2.50 bits per heavy atom. The van der Waals surface area contributed by atoms with Crippen LogP contribution in [0.3, 0.4) is 0 Å². The van der Waals surface area contributed by atoms with E-state index in [0.717, 1.165) is 12.8 Å². The molecule has 0 atom stereocenters. The molecule has 0 heterocycles. The third-order valence-corrected chi connectivity index (χ3v) is 1.71. The predicted molar refractivity (Wildman–Crippen MR) is 53.8 cm³/mol. The average molecular weight is 201 g/mol. The molecule has 0 rings (SSSR count). The van der Waals surface area contributed by atoms with E-state index in [9.17, 15) is 9.59 Å². The Labute approximate surface area is 85.0 Å². The van der Waals surface area contributed by atoms with Crippen molar-refractivity contribution in [1.82, 2.24) is 5.32 Å². The monoisotopic (exact) mass is 201 g/mol. The van der Waals surface area contributed by atoms with Gasteiger partial charge < -0.3 is 10.1 Å². The number of carbonyl (C=O) groups is 2. The lowest BCUT2D eigenvalue weighted by molar-refractivity contribution is -0.144. The molecule has 0 bridgehead atoms. The number of esters is 1. The molecule has 0 aliphatic rings. The number of nitrogens with one attached hydrogen (secondary N) is 1. The standard InChI is InChI=1S/C10H19NO3/c1-3-5-8-11-9(12)6-7-10(13)14-4-2/h3-8H2,1-2H3,(H,11,12). The second-order valence-electron chi connectivity index (χ2n) is 3.01. The fraction of sp³-hybridized carbons (Fsp3) is 0.800. The largest absolute Gasteiger partial charge is 0.466 e. The Bertz CT molecular complexity index is 180. The van der Waals surface area contributed by atoms with E-state index in [1.165, 1.54) is 0 Å². The van der Waals surface area contributed by atoms with E-state index in [1.54, 1.807) is 6.92 Å². The van der Waals surface area contributed by atoms with E-state index in [4.69, 9.17) is 4.74 Å². The lowest BCUT2D eigenvalue weighted by atomic mass is 10.3. The Kier molecular flexibility index (Phi) is 7.89. The first-order valence-electron chi connectivity index (χ1n) is 5.13. The molecule has 0 spiro atoms. The third-order valence-electron chi connectivity index (χ3n) is 1.71. The first-order valence-corrected chi connectivity index (χ1v) is 5.13.